The number of rotatable bonds is 0. The van der Waals surface area contributed by atoms with Crippen molar-refractivity contribution in [1.82, 2.24) is 0 Å². The molecule has 1 radical (unpaired) electrons. The summed E-state index contributed by atoms with van der Waals surface area (Å²) in [4.78, 5) is 0. The Bertz CT molecular complexity index is 139. The first kappa shape index (κ1) is 13.8. The van der Waals surface area contributed by atoms with Crippen molar-refractivity contribution < 1.29 is 0 Å². The molecule has 0 saturated heterocycles. The molecule has 0 unspecified atom stereocenters. The minimum absolute atomic E-state index is 1.29. The molecule has 0 amide bonds. The van der Waals surface area contributed by atoms with Gasteiger partial charge in [-0.1, -0.05) is 76.4 Å². The molecule has 0 spiro atoms. The Morgan fingerprint density at radius 3 is 1.44 bits per heavy atom. The molecular formula is C16H29. The van der Waals surface area contributed by atoms with E-state index < -0.39 is 0 Å². The molecule has 0 N–H and O–H groups in total. The molecule has 0 bridgehead atoms. The molecule has 0 heteroatoms. The molecule has 0 fully saturated rings. The SMILES string of the molecule is [CH]1/C=C/CCCCCCCCCCCCC1. The Morgan fingerprint density at radius 2 is 0.875 bits per heavy atom. The topological polar surface area (TPSA) is 0 Å². The lowest BCUT2D eigenvalue weighted by atomic mass is 10.0. The van der Waals surface area contributed by atoms with E-state index in [4.69, 9.17) is 0 Å². The van der Waals surface area contributed by atoms with E-state index >= 15 is 0 Å². The molecule has 1 aliphatic carbocycles. The van der Waals surface area contributed by atoms with Crippen molar-refractivity contribution in [3.05, 3.63) is 18.6 Å². The highest BCUT2D eigenvalue weighted by Gasteiger charge is 1.94. The molecule has 0 nitrogen and oxygen atoms in total. The third kappa shape index (κ3) is 9.00. The van der Waals surface area contributed by atoms with Crippen LogP contribution in [0, 0.1) is 6.42 Å². The molecule has 93 valence electrons. The summed E-state index contributed by atoms with van der Waals surface area (Å²) in [6.45, 7) is 0. The van der Waals surface area contributed by atoms with Crippen LogP contribution >= 0.6 is 0 Å². The number of allylic oxidation sites excluding steroid dienone is 2. The van der Waals surface area contributed by atoms with E-state index in [9.17, 15) is 0 Å². The van der Waals surface area contributed by atoms with Gasteiger partial charge in [0.1, 0.15) is 0 Å². The zero-order chi connectivity index (χ0) is 11.3. The van der Waals surface area contributed by atoms with Gasteiger partial charge in [0, 0.05) is 0 Å². The van der Waals surface area contributed by atoms with Gasteiger partial charge in [-0.3, -0.25) is 0 Å². The maximum atomic E-state index is 2.35. The van der Waals surface area contributed by atoms with Crippen molar-refractivity contribution in [1.29, 1.82) is 0 Å². The predicted octanol–water partition coefficient (Wildman–Crippen LogP) is 5.83. The van der Waals surface area contributed by atoms with Crippen molar-refractivity contribution in [3.8, 4) is 0 Å². The van der Waals surface area contributed by atoms with Gasteiger partial charge in [0.15, 0.2) is 0 Å². The lowest BCUT2D eigenvalue weighted by Gasteiger charge is -2.03. The van der Waals surface area contributed by atoms with Crippen LogP contribution in [0.15, 0.2) is 12.2 Å². The normalized spacial score (nSPS) is 25.0. The van der Waals surface area contributed by atoms with Gasteiger partial charge in [-0.15, -0.1) is 0 Å². The Hall–Kier alpha value is -0.260. The van der Waals surface area contributed by atoms with E-state index in [0.29, 0.717) is 0 Å². The molecule has 1 rings (SSSR count). The van der Waals surface area contributed by atoms with Crippen LogP contribution < -0.4 is 0 Å². The molecule has 0 aromatic carbocycles. The molecule has 0 saturated carbocycles. The van der Waals surface area contributed by atoms with Gasteiger partial charge in [0.05, 0.1) is 0 Å². The summed E-state index contributed by atoms with van der Waals surface area (Å²) in [5.41, 5.74) is 0. The van der Waals surface area contributed by atoms with Crippen molar-refractivity contribution in [2.45, 2.75) is 83.5 Å². The quantitative estimate of drug-likeness (QED) is 0.482. The molecule has 0 heterocycles. The molecule has 0 aliphatic heterocycles. The van der Waals surface area contributed by atoms with Gasteiger partial charge in [0.25, 0.3) is 0 Å². The molecular weight excluding hydrogens is 192 g/mol. The van der Waals surface area contributed by atoms with E-state index in [1.165, 1.54) is 83.5 Å². The van der Waals surface area contributed by atoms with Crippen molar-refractivity contribution >= 4 is 0 Å². The van der Waals surface area contributed by atoms with Gasteiger partial charge in [-0.05, 0) is 25.7 Å². The third-order valence-corrected chi connectivity index (χ3v) is 3.51. The second kappa shape index (κ2) is 11.2. The molecule has 0 atom stereocenters. The minimum Gasteiger partial charge on any atom is -0.0882 e. The Morgan fingerprint density at radius 1 is 0.438 bits per heavy atom. The van der Waals surface area contributed by atoms with E-state index in [-0.39, 0.29) is 0 Å². The summed E-state index contributed by atoms with van der Waals surface area (Å²) in [5.74, 6) is 0. The zero-order valence-corrected chi connectivity index (χ0v) is 10.9. The fourth-order valence-electron chi connectivity index (χ4n) is 2.40. The van der Waals surface area contributed by atoms with Gasteiger partial charge < -0.3 is 0 Å². The highest BCUT2D eigenvalue weighted by molar-refractivity contribution is 4.94. The van der Waals surface area contributed by atoms with Gasteiger partial charge in [-0.2, -0.15) is 0 Å². The average Bonchev–Trinajstić information content (AvgIpc) is 2.29. The average molecular weight is 221 g/mol. The molecule has 1 aliphatic rings. The summed E-state index contributed by atoms with van der Waals surface area (Å²) in [6, 6.07) is 0. The first-order chi connectivity index (χ1) is 8.00. The van der Waals surface area contributed by atoms with Crippen LogP contribution in [0.1, 0.15) is 83.5 Å². The van der Waals surface area contributed by atoms with Crippen LogP contribution in [0.4, 0.5) is 0 Å². The van der Waals surface area contributed by atoms with E-state index in [1.54, 1.807) is 0 Å². The van der Waals surface area contributed by atoms with E-state index in [2.05, 4.69) is 18.6 Å². The number of hydrogen-bond acceptors (Lipinski definition) is 0. The highest BCUT2D eigenvalue weighted by atomic mass is 14.0. The van der Waals surface area contributed by atoms with Gasteiger partial charge in [-0.25, -0.2) is 0 Å². The van der Waals surface area contributed by atoms with Crippen LogP contribution in [0.25, 0.3) is 0 Å². The largest absolute Gasteiger partial charge is 0.0882 e. The summed E-state index contributed by atoms with van der Waals surface area (Å²) in [5, 5.41) is 0. The lowest BCUT2D eigenvalue weighted by Crippen LogP contribution is -1.84. The van der Waals surface area contributed by atoms with Crippen molar-refractivity contribution in [3.63, 3.8) is 0 Å². The summed E-state index contributed by atoms with van der Waals surface area (Å²) >= 11 is 0. The van der Waals surface area contributed by atoms with Gasteiger partial charge >= 0.3 is 0 Å². The smallest absolute Gasteiger partial charge is 0.0171 e. The summed E-state index contributed by atoms with van der Waals surface area (Å²) in [7, 11) is 0. The molecule has 0 aromatic rings. The Balaban J connectivity index is 2.07. The second-order valence-corrected chi connectivity index (χ2v) is 5.13. The molecule has 16 heavy (non-hydrogen) atoms. The second-order valence-electron chi connectivity index (χ2n) is 5.13. The fourth-order valence-corrected chi connectivity index (χ4v) is 2.40. The maximum absolute atomic E-state index is 2.35. The highest BCUT2D eigenvalue weighted by Crippen LogP contribution is 2.13. The minimum atomic E-state index is 1.29. The first-order valence-corrected chi connectivity index (χ1v) is 7.48. The Labute approximate surface area is 103 Å². The van der Waals surface area contributed by atoms with Crippen LogP contribution in [-0.2, 0) is 0 Å². The summed E-state index contributed by atoms with van der Waals surface area (Å²) < 4.78 is 0. The van der Waals surface area contributed by atoms with Gasteiger partial charge in [0.2, 0.25) is 0 Å². The van der Waals surface area contributed by atoms with Crippen LogP contribution in [0.3, 0.4) is 0 Å². The Kier molecular flexibility index (Phi) is 9.69. The first-order valence-electron chi connectivity index (χ1n) is 7.48. The third-order valence-electron chi connectivity index (χ3n) is 3.51. The lowest BCUT2D eigenvalue weighted by molar-refractivity contribution is 0.545. The summed E-state index contributed by atoms with van der Waals surface area (Å²) in [6.07, 6.45) is 25.5. The van der Waals surface area contributed by atoms with Crippen molar-refractivity contribution in [2.24, 2.45) is 0 Å². The van der Waals surface area contributed by atoms with E-state index in [1.807, 2.05) is 0 Å². The fraction of sp³-hybridized carbons (Fsp3) is 0.812. The zero-order valence-electron chi connectivity index (χ0n) is 10.9. The van der Waals surface area contributed by atoms with Crippen LogP contribution in [-0.4, -0.2) is 0 Å². The standard InChI is InChI=1S/C16H29/c1-2-4-6-8-10-12-14-16-15-13-11-9-7-5-3-1/h1-3H,4-16H2/b2-1+. The van der Waals surface area contributed by atoms with E-state index in [0.717, 1.165) is 0 Å². The molecule has 0 aromatic heterocycles. The number of hydrogen-bond donors (Lipinski definition) is 0. The maximum Gasteiger partial charge on any atom is -0.0171 e. The van der Waals surface area contributed by atoms with Crippen molar-refractivity contribution in [2.75, 3.05) is 0 Å². The van der Waals surface area contributed by atoms with Crippen LogP contribution in [0.2, 0.25) is 0 Å². The predicted molar refractivity (Wildman–Crippen MR) is 73.5 cm³/mol. The monoisotopic (exact) mass is 221 g/mol. The van der Waals surface area contributed by atoms with Crippen LogP contribution in [0.5, 0.6) is 0 Å².